The number of nitrogens with zero attached hydrogens (tertiary/aromatic N) is 4. The van der Waals surface area contributed by atoms with E-state index in [0.717, 1.165) is 22.0 Å². The van der Waals surface area contributed by atoms with E-state index in [9.17, 15) is 14.9 Å². The first-order valence-corrected chi connectivity index (χ1v) is 12.3. The summed E-state index contributed by atoms with van der Waals surface area (Å²) in [7, 11) is 0. The van der Waals surface area contributed by atoms with Crippen LogP contribution in [0.1, 0.15) is 48.7 Å². The maximum atomic E-state index is 13.4. The molecule has 0 aliphatic carbocycles. The lowest BCUT2D eigenvalue weighted by Gasteiger charge is -2.14. The van der Waals surface area contributed by atoms with E-state index in [2.05, 4.69) is 21.0 Å². The van der Waals surface area contributed by atoms with Crippen LogP contribution in [-0.4, -0.2) is 20.8 Å². The summed E-state index contributed by atoms with van der Waals surface area (Å²) < 4.78 is 8.00. The van der Waals surface area contributed by atoms with Gasteiger partial charge in [0.25, 0.3) is 11.2 Å². The van der Waals surface area contributed by atoms with Crippen LogP contribution in [0.2, 0.25) is 0 Å². The van der Waals surface area contributed by atoms with Gasteiger partial charge in [-0.2, -0.15) is 9.78 Å². The van der Waals surface area contributed by atoms with Gasteiger partial charge in [-0.3, -0.25) is 14.9 Å². The summed E-state index contributed by atoms with van der Waals surface area (Å²) in [6.45, 7) is 6.27. The number of ether oxygens (including phenoxy) is 1. The first-order valence-electron chi connectivity index (χ1n) is 11.5. The summed E-state index contributed by atoms with van der Waals surface area (Å²) in [5.74, 6) is 0.894. The summed E-state index contributed by atoms with van der Waals surface area (Å²) in [5.41, 5.74) is 2.64. The molecule has 1 heterocycles. The number of nitro benzene ring substituents is 1. The second-order valence-corrected chi connectivity index (χ2v) is 9.47. The third-order valence-corrected chi connectivity index (χ3v) is 6.41. The third kappa shape index (κ3) is 5.52. The monoisotopic (exact) mass is 548 g/mol. The van der Waals surface area contributed by atoms with Gasteiger partial charge in [-0.05, 0) is 43.2 Å². The van der Waals surface area contributed by atoms with Crippen LogP contribution >= 0.6 is 15.9 Å². The molecule has 36 heavy (non-hydrogen) atoms. The van der Waals surface area contributed by atoms with Crippen LogP contribution in [0.4, 0.5) is 5.69 Å². The Labute approximate surface area is 216 Å². The Bertz CT molecular complexity index is 1510. The summed E-state index contributed by atoms with van der Waals surface area (Å²) in [5, 5.41) is 16.3. The molecule has 0 saturated carbocycles. The van der Waals surface area contributed by atoms with Gasteiger partial charge < -0.3 is 4.74 Å². The highest BCUT2D eigenvalue weighted by Crippen LogP contribution is 2.25. The number of benzene rings is 3. The molecule has 0 bridgehead atoms. The number of non-ortho nitro benzene ring substituents is 1. The van der Waals surface area contributed by atoms with Crippen molar-refractivity contribution < 1.29 is 9.66 Å². The molecule has 0 radical (unpaired) electrons. The van der Waals surface area contributed by atoms with E-state index in [1.807, 2.05) is 51.1 Å². The highest BCUT2D eigenvalue weighted by molar-refractivity contribution is 9.10. The normalized spacial score (nSPS) is 12.2. The van der Waals surface area contributed by atoms with Crippen LogP contribution in [0.5, 0.6) is 5.75 Å². The van der Waals surface area contributed by atoms with Gasteiger partial charge in [0.2, 0.25) is 0 Å². The van der Waals surface area contributed by atoms with Gasteiger partial charge in [0.05, 0.1) is 22.0 Å². The van der Waals surface area contributed by atoms with Crippen molar-refractivity contribution in [3.05, 3.63) is 108 Å². The Morgan fingerprint density at radius 1 is 1.17 bits per heavy atom. The molecule has 1 aromatic heterocycles. The van der Waals surface area contributed by atoms with Crippen molar-refractivity contribution in [3.63, 3.8) is 0 Å². The fourth-order valence-corrected chi connectivity index (χ4v) is 3.99. The quantitative estimate of drug-likeness (QED) is 0.145. The molecular weight excluding hydrogens is 524 g/mol. The molecular formula is C27H25BrN4O4. The van der Waals surface area contributed by atoms with Crippen molar-refractivity contribution >= 4 is 38.7 Å². The molecule has 184 valence electrons. The minimum Gasteiger partial charge on any atom is -0.488 e. The first-order chi connectivity index (χ1) is 17.3. The number of halogens is 1. The Morgan fingerprint density at radius 3 is 2.61 bits per heavy atom. The zero-order chi connectivity index (χ0) is 25.8. The maximum Gasteiger partial charge on any atom is 0.282 e. The van der Waals surface area contributed by atoms with Gasteiger partial charge in [-0.1, -0.05) is 59.6 Å². The number of hydrogen-bond acceptors (Lipinski definition) is 6. The van der Waals surface area contributed by atoms with Crippen LogP contribution in [-0.2, 0) is 6.61 Å². The van der Waals surface area contributed by atoms with Crippen molar-refractivity contribution in [2.75, 3.05) is 0 Å². The highest BCUT2D eigenvalue weighted by Gasteiger charge is 2.17. The molecule has 0 spiro atoms. The number of rotatable bonds is 8. The lowest BCUT2D eigenvalue weighted by atomic mass is 10.1. The molecule has 1 atom stereocenters. The zero-order valence-electron chi connectivity index (χ0n) is 20.1. The van der Waals surface area contributed by atoms with Crippen molar-refractivity contribution in [2.24, 2.45) is 5.10 Å². The van der Waals surface area contributed by atoms with Crippen molar-refractivity contribution in [1.29, 1.82) is 0 Å². The molecule has 0 aliphatic rings. The van der Waals surface area contributed by atoms with Crippen molar-refractivity contribution in [1.82, 2.24) is 9.66 Å². The Morgan fingerprint density at radius 2 is 1.92 bits per heavy atom. The average molecular weight is 549 g/mol. The van der Waals surface area contributed by atoms with Gasteiger partial charge in [0.1, 0.15) is 18.2 Å². The Kier molecular flexibility index (Phi) is 7.59. The minimum absolute atomic E-state index is 0.0368. The van der Waals surface area contributed by atoms with Crippen LogP contribution in [0.15, 0.2) is 75.0 Å². The molecule has 0 saturated heterocycles. The highest BCUT2D eigenvalue weighted by atomic mass is 79.9. The molecule has 0 N–H and O–H groups in total. The number of fused-ring (bicyclic) bond motifs is 1. The number of aryl methyl sites for hydroxylation is 1. The largest absolute Gasteiger partial charge is 0.488 e. The molecule has 4 aromatic rings. The predicted octanol–water partition coefficient (Wildman–Crippen LogP) is 6.35. The summed E-state index contributed by atoms with van der Waals surface area (Å²) in [4.78, 5) is 29.0. The maximum absolute atomic E-state index is 13.4. The molecule has 0 amide bonds. The minimum atomic E-state index is -0.479. The van der Waals surface area contributed by atoms with Gasteiger partial charge in [0, 0.05) is 28.1 Å². The molecule has 8 nitrogen and oxygen atoms in total. The summed E-state index contributed by atoms with van der Waals surface area (Å²) >= 11 is 3.40. The first kappa shape index (κ1) is 25.2. The van der Waals surface area contributed by atoms with Crippen LogP contribution in [0.3, 0.4) is 0 Å². The van der Waals surface area contributed by atoms with E-state index in [-0.39, 0.29) is 23.8 Å². The van der Waals surface area contributed by atoms with Gasteiger partial charge >= 0.3 is 0 Å². The number of aromatic nitrogens is 2. The Hall–Kier alpha value is -3.85. The van der Waals surface area contributed by atoms with Gasteiger partial charge in [-0.15, -0.1) is 0 Å². The average Bonchev–Trinajstić information content (AvgIpc) is 2.87. The van der Waals surface area contributed by atoms with Crippen molar-refractivity contribution in [2.45, 2.75) is 39.7 Å². The van der Waals surface area contributed by atoms with E-state index in [0.29, 0.717) is 28.0 Å². The lowest BCUT2D eigenvalue weighted by Crippen LogP contribution is -2.23. The smallest absolute Gasteiger partial charge is 0.282 e. The van der Waals surface area contributed by atoms with Crippen LogP contribution < -0.4 is 10.3 Å². The molecule has 3 aromatic carbocycles. The zero-order valence-corrected chi connectivity index (χ0v) is 21.7. The fourth-order valence-electron chi connectivity index (χ4n) is 3.63. The number of nitro groups is 1. The van der Waals surface area contributed by atoms with E-state index in [1.165, 1.54) is 23.0 Å². The second-order valence-electron chi connectivity index (χ2n) is 8.56. The Balaban J connectivity index is 1.78. The predicted molar refractivity (Wildman–Crippen MR) is 144 cm³/mol. The van der Waals surface area contributed by atoms with E-state index in [1.54, 1.807) is 18.2 Å². The lowest BCUT2D eigenvalue weighted by molar-refractivity contribution is -0.384. The van der Waals surface area contributed by atoms with Crippen molar-refractivity contribution in [3.8, 4) is 5.75 Å². The van der Waals surface area contributed by atoms with Crippen LogP contribution in [0, 0.1) is 17.0 Å². The number of hydrogen-bond donors (Lipinski definition) is 0. The van der Waals surface area contributed by atoms with Gasteiger partial charge in [-0.25, -0.2) is 4.98 Å². The second kappa shape index (κ2) is 10.8. The topological polar surface area (TPSA) is 99.6 Å². The SMILES string of the molecule is CC[C@@H](C)c1nc2ccc(Br)cc2c(=O)n1N=Cc1cc([N+](=O)[O-])ccc1OCc1ccc(C)cc1. The molecule has 9 heteroatoms. The standard InChI is InChI=1S/C27H25BrN4O4/c1-4-18(3)26-30-24-11-9-21(28)14-23(24)27(33)31(26)29-15-20-13-22(32(34)35)10-12-25(20)36-16-19-7-5-17(2)6-8-19/h5-15,18H,4,16H2,1-3H3/t18-/m1/s1. The third-order valence-electron chi connectivity index (χ3n) is 5.92. The molecule has 0 fully saturated rings. The van der Waals surface area contributed by atoms with E-state index in [4.69, 9.17) is 9.72 Å². The van der Waals surface area contributed by atoms with Crippen LogP contribution in [0.25, 0.3) is 10.9 Å². The summed E-state index contributed by atoms with van der Waals surface area (Å²) in [6, 6.07) is 17.6. The molecule has 0 unspecified atom stereocenters. The summed E-state index contributed by atoms with van der Waals surface area (Å²) in [6.07, 6.45) is 2.17. The van der Waals surface area contributed by atoms with E-state index >= 15 is 0 Å². The molecule has 4 rings (SSSR count). The van der Waals surface area contributed by atoms with E-state index < -0.39 is 4.92 Å². The fraction of sp³-hybridized carbons (Fsp3) is 0.222. The van der Waals surface area contributed by atoms with Gasteiger partial charge in [0.15, 0.2) is 0 Å². The molecule has 0 aliphatic heterocycles.